The molecule has 0 fully saturated rings. The topological polar surface area (TPSA) is 59.1 Å². The number of nitrogens with one attached hydrogen (secondary N) is 1. The van der Waals surface area contributed by atoms with Crippen molar-refractivity contribution in [3.8, 4) is 10.6 Å². The third-order valence-electron chi connectivity index (χ3n) is 2.29. The second-order valence-corrected chi connectivity index (χ2v) is 6.46. The van der Waals surface area contributed by atoms with Gasteiger partial charge in [0.05, 0.1) is 4.90 Å². The molecule has 0 unspecified atom stereocenters. The number of rotatable bonds is 3. The minimum Gasteiger partial charge on any atom is -0.372 e. The van der Waals surface area contributed by atoms with Gasteiger partial charge in [0.1, 0.15) is 10.8 Å². The van der Waals surface area contributed by atoms with E-state index in [1.807, 2.05) is 12.4 Å². The molecule has 0 saturated heterocycles. The van der Waals surface area contributed by atoms with Gasteiger partial charge < -0.3 is 5.32 Å². The van der Waals surface area contributed by atoms with E-state index < -0.39 is 9.84 Å². The van der Waals surface area contributed by atoms with E-state index in [4.69, 9.17) is 0 Å². The van der Waals surface area contributed by atoms with Crippen molar-refractivity contribution < 1.29 is 8.42 Å². The Hall–Kier alpha value is -1.40. The maximum atomic E-state index is 11.3. The van der Waals surface area contributed by atoms with Gasteiger partial charge in [0, 0.05) is 24.2 Å². The highest BCUT2D eigenvalue weighted by Crippen LogP contribution is 2.26. The SMILES string of the molecule is CNc1csc(-c2ccc(S(C)(=O)=O)cc2)n1. The monoisotopic (exact) mass is 268 g/mol. The molecule has 0 aliphatic carbocycles. The summed E-state index contributed by atoms with van der Waals surface area (Å²) in [6.07, 6.45) is 1.20. The smallest absolute Gasteiger partial charge is 0.175 e. The summed E-state index contributed by atoms with van der Waals surface area (Å²) in [6, 6.07) is 6.75. The van der Waals surface area contributed by atoms with E-state index in [2.05, 4.69) is 10.3 Å². The first-order chi connectivity index (χ1) is 8.00. The third-order valence-corrected chi connectivity index (χ3v) is 4.31. The maximum Gasteiger partial charge on any atom is 0.175 e. The molecule has 2 rings (SSSR count). The Morgan fingerprint density at radius 1 is 1.24 bits per heavy atom. The molecule has 1 aromatic carbocycles. The molecule has 0 atom stereocenters. The first-order valence-electron chi connectivity index (χ1n) is 4.94. The number of aromatic nitrogens is 1. The summed E-state index contributed by atoms with van der Waals surface area (Å²) in [4.78, 5) is 4.67. The van der Waals surface area contributed by atoms with Crippen LogP contribution in [-0.4, -0.2) is 26.7 Å². The molecule has 17 heavy (non-hydrogen) atoms. The Morgan fingerprint density at radius 2 is 1.88 bits per heavy atom. The fourth-order valence-electron chi connectivity index (χ4n) is 1.37. The Morgan fingerprint density at radius 3 is 2.35 bits per heavy atom. The average Bonchev–Trinajstić information content (AvgIpc) is 2.76. The van der Waals surface area contributed by atoms with Gasteiger partial charge in [-0.2, -0.15) is 0 Å². The zero-order valence-electron chi connectivity index (χ0n) is 9.47. The standard InChI is InChI=1S/C11H12N2O2S2/c1-12-10-7-16-11(13-10)8-3-5-9(6-4-8)17(2,14)15/h3-7,12H,1-2H3. The van der Waals surface area contributed by atoms with Crippen molar-refractivity contribution >= 4 is 27.0 Å². The fourth-order valence-corrected chi connectivity index (χ4v) is 2.81. The Balaban J connectivity index is 2.35. The van der Waals surface area contributed by atoms with Crippen LogP contribution < -0.4 is 5.32 Å². The Kier molecular flexibility index (Phi) is 3.17. The van der Waals surface area contributed by atoms with Gasteiger partial charge in [-0.25, -0.2) is 13.4 Å². The molecule has 0 radical (unpaired) electrons. The summed E-state index contributed by atoms with van der Waals surface area (Å²) in [6.45, 7) is 0. The highest BCUT2D eigenvalue weighted by Gasteiger charge is 2.08. The maximum absolute atomic E-state index is 11.3. The van der Waals surface area contributed by atoms with E-state index in [0.717, 1.165) is 16.4 Å². The molecule has 4 nitrogen and oxygen atoms in total. The first kappa shape index (κ1) is 12.1. The van der Waals surface area contributed by atoms with Gasteiger partial charge in [0.15, 0.2) is 9.84 Å². The molecule has 0 aliphatic rings. The van der Waals surface area contributed by atoms with E-state index in [0.29, 0.717) is 4.90 Å². The normalized spacial score (nSPS) is 11.4. The summed E-state index contributed by atoms with van der Waals surface area (Å²) in [5.41, 5.74) is 0.920. The molecule has 0 bridgehead atoms. The van der Waals surface area contributed by atoms with Crippen LogP contribution in [0.5, 0.6) is 0 Å². The molecule has 90 valence electrons. The van der Waals surface area contributed by atoms with E-state index in [1.165, 1.54) is 17.6 Å². The van der Waals surface area contributed by atoms with Crippen LogP contribution in [0.3, 0.4) is 0 Å². The van der Waals surface area contributed by atoms with E-state index in [1.54, 1.807) is 24.3 Å². The van der Waals surface area contributed by atoms with E-state index in [-0.39, 0.29) is 0 Å². The summed E-state index contributed by atoms with van der Waals surface area (Å²) in [5.74, 6) is 0.817. The first-order valence-corrected chi connectivity index (χ1v) is 7.71. The van der Waals surface area contributed by atoms with Crippen LogP contribution in [0.1, 0.15) is 0 Å². The molecule has 1 aromatic heterocycles. The van der Waals surface area contributed by atoms with Crippen molar-refractivity contribution in [2.45, 2.75) is 4.90 Å². The number of thiazole rings is 1. The molecule has 2 aromatic rings. The van der Waals surface area contributed by atoms with Gasteiger partial charge >= 0.3 is 0 Å². The number of hydrogen-bond acceptors (Lipinski definition) is 5. The van der Waals surface area contributed by atoms with Crippen LogP contribution in [0.4, 0.5) is 5.82 Å². The van der Waals surface area contributed by atoms with Gasteiger partial charge in [-0.15, -0.1) is 11.3 Å². The quantitative estimate of drug-likeness (QED) is 0.927. The second-order valence-electron chi connectivity index (χ2n) is 3.58. The fraction of sp³-hybridized carbons (Fsp3) is 0.182. The number of benzene rings is 1. The minimum atomic E-state index is -3.13. The predicted octanol–water partition coefficient (Wildman–Crippen LogP) is 2.26. The largest absolute Gasteiger partial charge is 0.372 e. The molecule has 0 spiro atoms. The van der Waals surface area contributed by atoms with Gasteiger partial charge in [0.25, 0.3) is 0 Å². The molecule has 0 amide bonds. The zero-order chi connectivity index (χ0) is 12.5. The van der Waals surface area contributed by atoms with Gasteiger partial charge in [0.2, 0.25) is 0 Å². The van der Waals surface area contributed by atoms with Crippen molar-refractivity contribution in [1.82, 2.24) is 4.98 Å². The lowest BCUT2D eigenvalue weighted by molar-refractivity contribution is 0.602. The van der Waals surface area contributed by atoms with Crippen molar-refractivity contribution in [1.29, 1.82) is 0 Å². The molecular formula is C11H12N2O2S2. The third kappa shape index (κ3) is 2.65. The van der Waals surface area contributed by atoms with Crippen LogP contribution >= 0.6 is 11.3 Å². The van der Waals surface area contributed by atoms with Crippen molar-refractivity contribution in [3.05, 3.63) is 29.6 Å². The van der Waals surface area contributed by atoms with Crippen LogP contribution in [0.25, 0.3) is 10.6 Å². The lowest BCUT2D eigenvalue weighted by Crippen LogP contribution is -1.96. The molecule has 0 saturated carbocycles. The second kappa shape index (κ2) is 4.46. The van der Waals surface area contributed by atoms with E-state index in [9.17, 15) is 8.42 Å². The lowest BCUT2D eigenvalue weighted by atomic mass is 10.2. The van der Waals surface area contributed by atoms with Crippen molar-refractivity contribution in [2.24, 2.45) is 0 Å². The number of sulfone groups is 1. The number of hydrogen-bond donors (Lipinski definition) is 1. The zero-order valence-corrected chi connectivity index (χ0v) is 11.1. The average molecular weight is 268 g/mol. The van der Waals surface area contributed by atoms with E-state index >= 15 is 0 Å². The van der Waals surface area contributed by atoms with Crippen LogP contribution in [0, 0.1) is 0 Å². The molecule has 1 heterocycles. The van der Waals surface area contributed by atoms with Gasteiger partial charge in [-0.1, -0.05) is 12.1 Å². The molecule has 0 aliphatic heterocycles. The summed E-state index contributed by atoms with van der Waals surface area (Å²) >= 11 is 1.52. The number of nitrogens with zero attached hydrogens (tertiary/aromatic N) is 1. The highest BCUT2D eigenvalue weighted by molar-refractivity contribution is 7.90. The van der Waals surface area contributed by atoms with Crippen LogP contribution in [-0.2, 0) is 9.84 Å². The van der Waals surface area contributed by atoms with Crippen molar-refractivity contribution in [2.75, 3.05) is 18.6 Å². The Labute approximate surface area is 104 Å². The number of anilines is 1. The van der Waals surface area contributed by atoms with Crippen molar-refractivity contribution in [3.63, 3.8) is 0 Å². The highest BCUT2D eigenvalue weighted by atomic mass is 32.2. The van der Waals surface area contributed by atoms with Gasteiger partial charge in [-0.05, 0) is 12.1 Å². The summed E-state index contributed by atoms with van der Waals surface area (Å²) in [5, 5.41) is 5.74. The Bertz CT molecular complexity index is 615. The lowest BCUT2D eigenvalue weighted by Gasteiger charge is -1.99. The molecule has 6 heteroatoms. The molecule has 1 N–H and O–H groups in total. The minimum absolute atomic E-state index is 0.326. The summed E-state index contributed by atoms with van der Waals surface area (Å²) in [7, 11) is -1.32. The van der Waals surface area contributed by atoms with Crippen LogP contribution in [0.15, 0.2) is 34.5 Å². The van der Waals surface area contributed by atoms with Gasteiger partial charge in [-0.3, -0.25) is 0 Å². The molecular weight excluding hydrogens is 256 g/mol. The van der Waals surface area contributed by atoms with Crippen LogP contribution in [0.2, 0.25) is 0 Å². The summed E-state index contributed by atoms with van der Waals surface area (Å²) < 4.78 is 22.6. The predicted molar refractivity (Wildman–Crippen MR) is 70.2 cm³/mol.